The average molecular weight is 224 g/mol. The van der Waals surface area contributed by atoms with Gasteiger partial charge in [0, 0.05) is 5.56 Å². The zero-order valence-corrected chi connectivity index (χ0v) is 8.29. The topological polar surface area (TPSA) is 60.2 Å². The van der Waals surface area contributed by atoms with Crippen LogP contribution in [0.3, 0.4) is 0 Å². The highest BCUT2D eigenvalue weighted by molar-refractivity contribution is 7.89. The molecule has 3 nitrogen and oxygen atoms in total. The van der Waals surface area contributed by atoms with E-state index < -0.39 is 15.8 Å². The van der Waals surface area contributed by atoms with Gasteiger partial charge in [-0.05, 0) is 19.1 Å². The molecule has 0 fully saturated rings. The summed E-state index contributed by atoms with van der Waals surface area (Å²) in [6.45, 7) is 1.31. The Hall–Kier alpha value is -0.650. The SMILES string of the molecule is Cc1c(S(N)(=O)=O)ccc(Cl)c1F. The fourth-order valence-electron chi connectivity index (χ4n) is 0.943. The highest BCUT2D eigenvalue weighted by Crippen LogP contribution is 2.23. The van der Waals surface area contributed by atoms with Gasteiger partial charge in [-0.2, -0.15) is 0 Å². The molecule has 0 heterocycles. The summed E-state index contributed by atoms with van der Waals surface area (Å²) in [7, 11) is -3.87. The fraction of sp³-hybridized carbons (Fsp3) is 0.143. The van der Waals surface area contributed by atoms with Crippen LogP contribution >= 0.6 is 11.6 Å². The molecule has 0 spiro atoms. The Morgan fingerprint density at radius 2 is 2.00 bits per heavy atom. The fourth-order valence-corrected chi connectivity index (χ4v) is 1.92. The minimum Gasteiger partial charge on any atom is -0.225 e. The number of hydrogen-bond acceptors (Lipinski definition) is 2. The molecule has 72 valence electrons. The van der Waals surface area contributed by atoms with E-state index in [1.165, 1.54) is 13.0 Å². The molecule has 1 aromatic rings. The molecule has 0 amide bonds. The Bertz CT molecular complexity index is 444. The normalized spacial score (nSPS) is 11.7. The Kier molecular flexibility index (Phi) is 2.61. The van der Waals surface area contributed by atoms with Crippen molar-refractivity contribution in [3.8, 4) is 0 Å². The van der Waals surface area contributed by atoms with Crippen LogP contribution in [-0.4, -0.2) is 8.42 Å². The summed E-state index contributed by atoms with van der Waals surface area (Å²) in [6.07, 6.45) is 0. The van der Waals surface area contributed by atoms with E-state index in [0.717, 1.165) is 6.07 Å². The summed E-state index contributed by atoms with van der Waals surface area (Å²) in [5, 5.41) is 4.72. The first-order valence-corrected chi connectivity index (χ1v) is 5.24. The Labute approximate surface area is 80.4 Å². The molecule has 0 aliphatic carbocycles. The van der Waals surface area contributed by atoms with Crippen LogP contribution in [0.1, 0.15) is 5.56 Å². The second-order valence-electron chi connectivity index (χ2n) is 2.53. The number of primary sulfonamides is 1. The van der Waals surface area contributed by atoms with Gasteiger partial charge in [0.2, 0.25) is 10.0 Å². The number of nitrogens with two attached hydrogens (primary N) is 1. The molecule has 0 bridgehead atoms. The van der Waals surface area contributed by atoms with Crippen LogP contribution in [0.4, 0.5) is 4.39 Å². The number of sulfonamides is 1. The van der Waals surface area contributed by atoms with Gasteiger partial charge < -0.3 is 0 Å². The van der Waals surface area contributed by atoms with Crippen molar-refractivity contribution in [3.63, 3.8) is 0 Å². The molecule has 0 saturated carbocycles. The van der Waals surface area contributed by atoms with Crippen molar-refractivity contribution in [1.29, 1.82) is 0 Å². The van der Waals surface area contributed by atoms with Crippen molar-refractivity contribution >= 4 is 21.6 Å². The Balaban J connectivity index is 3.53. The number of hydrogen-bond donors (Lipinski definition) is 1. The quantitative estimate of drug-likeness (QED) is 0.783. The molecule has 2 N–H and O–H groups in total. The Morgan fingerprint density at radius 3 is 2.46 bits per heavy atom. The molecule has 0 atom stereocenters. The summed E-state index contributed by atoms with van der Waals surface area (Å²) in [5.41, 5.74) is -0.0602. The van der Waals surface area contributed by atoms with Gasteiger partial charge >= 0.3 is 0 Å². The first-order valence-electron chi connectivity index (χ1n) is 3.31. The van der Waals surface area contributed by atoms with Crippen molar-refractivity contribution in [3.05, 3.63) is 28.5 Å². The third kappa shape index (κ3) is 1.99. The molecule has 0 aliphatic heterocycles. The highest BCUT2D eigenvalue weighted by atomic mass is 35.5. The van der Waals surface area contributed by atoms with Crippen LogP contribution in [-0.2, 0) is 10.0 Å². The molecule has 0 aromatic heterocycles. The molecule has 0 aliphatic rings. The molecular formula is C7H7ClFNO2S. The maximum Gasteiger partial charge on any atom is 0.238 e. The largest absolute Gasteiger partial charge is 0.238 e. The highest BCUT2D eigenvalue weighted by Gasteiger charge is 2.15. The van der Waals surface area contributed by atoms with Gasteiger partial charge in [-0.1, -0.05) is 11.6 Å². The van der Waals surface area contributed by atoms with Gasteiger partial charge in [-0.15, -0.1) is 0 Å². The molecule has 0 radical (unpaired) electrons. The van der Waals surface area contributed by atoms with E-state index in [-0.39, 0.29) is 15.5 Å². The van der Waals surface area contributed by atoms with Crippen molar-refractivity contribution in [2.24, 2.45) is 5.14 Å². The minimum atomic E-state index is -3.87. The predicted molar refractivity (Wildman–Crippen MR) is 47.5 cm³/mol. The lowest BCUT2D eigenvalue weighted by Crippen LogP contribution is -2.14. The van der Waals surface area contributed by atoms with E-state index in [1.54, 1.807) is 0 Å². The molecule has 1 rings (SSSR count). The smallest absolute Gasteiger partial charge is 0.225 e. The van der Waals surface area contributed by atoms with Gasteiger partial charge in [0.15, 0.2) is 0 Å². The number of halogens is 2. The summed E-state index contributed by atoms with van der Waals surface area (Å²) >= 11 is 5.43. The predicted octanol–water partition coefficient (Wildman–Crippen LogP) is 1.43. The first-order chi connectivity index (χ1) is 5.84. The van der Waals surface area contributed by atoms with E-state index in [0.29, 0.717) is 0 Å². The molecule has 0 saturated heterocycles. The van der Waals surface area contributed by atoms with Gasteiger partial charge in [-0.3, -0.25) is 0 Å². The summed E-state index contributed by atoms with van der Waals surface area (Å²) in [4.78, 5) is -0.241. The van der Waals surface area contributed by atoms with Crippen LogP contribution in [0.2, 0.25) is 5.02 Å². The zero-order chi connectivity index (χ0) is 10.2. The third-order valence-electron chi connectivity index (χ3n) is 1.60. The monoisotopic (exact) mass is 223 g/mol. The molecule has 6 heteroatoms. The van der Waals surface area contributed by atoms with Gasteiger partial charge in [0.1, 0.15) is 5.82 Å². The van der Waals surface area contributed by atoms with Crippen LogP contribution in [0.15, 0.2) is 17.0 Å². The van der Waals surface area contributed by atoms with Crippen molar-refractivity contribution < 1.29 is 12.8 Å². The number of benzene rings is 1. The van der Waals surface area contributed by atoms with Crippen LogP contribution in [0.25, 0.3) is 0 Å². The van der Waals surface area contributed by atoms with E-state index in [2.05, 4.69) is 0 Å². The van der Waals surface area contributed by atoms with Gasteiger partial charge in [-0.25, -0.2) is 17.9 Å². The lowest BCUT2D eigenvalue weighted by atomic mass is 10.2. The van der Waals surface area contributed by atoms with Crippen LogP contribution < -0.4 is 5.14 Å². The third-order valence-corrected chi connectivity index (χ3v) is 2.94. The van der Waals surface area contributed by atoms with E-state index in [4.69, 9.17) is 16.7 Å². The molecule has 0 unspecified atom stereocenters. The number of rotatable bonds is 1. The van der Waals surface area contributed by atoms with Crippen molar-refractivity contribution in [1.82, 2.24) is 0 Å². The lowest BCUT2D eigenvalue weighted by molar-refractivity contribution is 0.588. The van der Waals surface area contributed by atoms with Crippen LogP contribution in [0.5, 0.6) is 0 Å². The van der Waals surface area contributed by atoms with E-state index in [1.807, 2.05) is 0 Å². The first kappa shape index (κ1) is 10.4. The molecule has 13 heavy (non-hydrogen) atoms. The summed E-state index contributed by atoms with van der Waals surface area (Å²) in [5.74, 6) is -0.756. The molecule has 1 aromatic carbocycles. The maximum atomic E-state index is 13.1. The second-order valence-corrected chi connectivity index (χ2v) is 4.47. The van der Waals surface area contributed by atoms with Gasteiger partial charge in [0.25, 0.3) is 0 Å². The lowest BCUT2D eigenvalue weighted by Gasteiger charge is -2.04. The van der Waals surface area contributed by atoms with Crippen molar-refractivity contribution in [2.45, 2.75) is 11.8 Å². The van der Waals surface area contributed by atoms with Crippen LogP contribution in [0, 0.1) is 12.7 Å². The minimum absolute atomic E-state index is 0.0602. The Morgan fingerprint density at radius 1 is 1.46 bits per heavy atom. The van der Waals surface area contributed by atoms with Crippen molar-refractivity contribution in [2.75, 3.05) is 0 Å². The summed E-state index contributed by atoms with van der Waals surface area (Å²) in [6, 6.07) is 2.33. The maximum absolute atomic E-state index is 13.1. The zero-order valence-electron chi connectivity index (χ0n) is 6.71. The van der Waals surface area contributed by atoms with E-state index in [9.17, 15) is 12.8 Å². The standard InChI is InChI=1S/C7H7ClFNO2S/c1-4-6(13(10,11)12)3-2-5(8)7(4)9/h2-3H,1H3,(H2,10,11,12). The average Bonchev–Trinajstić information content (AvgIpc) is 1.98. The molecular weight excluding hydrogens is 217 g/mol. The summed E-state index contributed by atoms with van der Waals surface area (Å²) < 4.78 is 34.8. The second kappa shape index (κ2) is 3.25. The van der Waals surface area contributed by atoms with E-state index >= 15 is 0 Å². The van der Waals surface area contributed by atoms with Gasteiger partial charge in [0.05, 0.1) is 9.92 Å².